The first kappa shape index (κ1) is 10.4. The number of hydrogen-bond donors (Lipinski definition) is 1. The van der Waals surface area contributed by atoms with Crippen LogP contribution in [0.2, 0.25) is 0 Å². The average molecular weight is 244 g/mol. The quantitative estimate of drug-likeness (QED) is 0.880. The summed E-state index contributed by atoms with van der Waals surface area (Å²) in [6, 6.07) is 6.30. The van der Waals surface area contributed by atoms with Crippen LogP contribution in [0.5, 0.6) is 5.75 Å². The molecule has 0 radical (unpaired) electrons. The highest BCUT2D eigenvalue weighted by atomic mass is 79.9. The predicted octanol–water partition coefficient (Wildman–Crippen LogP) is 3.28. The number of rotatable bonds is 3. The molecule has 1 aromatic carbocycles. The Morgan fingerprint density at radius 3 is 2.62 bits per heavy atom. The van der Waals surface area contributed by atoms with Crippen molar-refractivity contribution in [3.8, 4) is 5.75 Å². The topological polar surface area (TPSA) is 21.3 Å². The molecule has 2 nitrogen and oxygen atoms in total. The van der Waals surface area contributed by atoms with Crippen molar-refractivity contribution in [2.75, 3.05) is 12.4 Å². The SMILES string of the molecule is COc1ccc(Br)c(NC(C)C)c1. The van der Waals surface area contributed by atoms with Crippen LogP contribution in [0.3, 0.4) is 0 Å². The van der Waals surface area contributed by atoms with Crippen molar-refractivity contribution in [3.05, 3.63) is 22.7 Å². The van der Waals surface area contributed by atoms with E-state index in [1.165, 1.54) is 0 Å². The van der Waals surface area contributed by atoms with Crippen LogP contribution in [0.25, 0.3) is 0 Å². The summed E-state index contributed by atoms with van der Waals surface area (Å²) in [7, 11) is 1.67. The standard InChI is InChI=1S/C10H14BrNO/c1-7(2)12-10-6-8(13-3)4-5-9(10)11/h4-7,12H,1-3H3. The molecule has 0 bridgehead atoms. The normalized spacial score (nSPS) is 10.2. The molecule has 72 valence electrons. The maximum Gasteiger partial charge on any atom is 0.121 e. The van der Waals surface area contributed by atoms with Crippen LogP contribution >= 0.6 is 15.9 Å². The van der Waals surface area contributed by atoms with Gasteiger partial charge in [0.2, 0.25) is 0 Å². The van der Waals surface area contributed by atoms with Gasteiger partial charge in [0.05, 0.1) is 12.8 Å². The molecule has 1 N–H and O–H groups in total. The van der Waals surface area contributed by atoms with E-state index in [9.17, 15) is 0 Å². The molecule has 0 aliphatic rings. The fourth-order valence-electron chi connectivity index (χ4n) is 1.05. The molecule has 1 rings (SSSR count). The molecule has 3 heteroatoms. The summed E-state index contributed by atoms with van der Waals surface area (Å²) in [5.41, 5.74) is 1.06. The van der Waals surface area contributed by atoms with E-state index in [1.54, 1.807) is 7.11 Å². The molecule has 1 aromatic rings. The first-order valence-corrected chi connectivity index (χ1v) is 5.03. The molecule has 0 aliphatic carbocycles. The van der Waals surface area contributed by atoms with Crippen molar-refractivity contribution in [1.82, 2.24) is 0 Å². The van der Waals surface area contributed by atoms with E-state index in [0.717, 1.165) is 15.9 Å². The Labute approximate surface area is 87.4 Å². The zero-order valence-electron chi connectivity index (χ0n) is 8.10. The summed E-state index contributed by atoms with van der Waals surface area (Å²) >= 11 is 3.47. The van der Waals surface area contributed by atoms with Crippen molar-refractivity contribution in [2.24, 2.45) is 0 Å². The van der Waals surface area contributed by atoms with E-state index in [-0.39, 0.29) is 0 Å². The van der Waals surface area contributed by atoms with Crippen molar-refractivity contribution < 1.29 is 4.74 Å². The number of hydrogen-bond acceptors (Lipinski definition) is 2. The molecule has 0 saturated heterocycles. The lowest BCUT2D eigenvalue weighted by Crippen LogP contribution is -2.10. The van der Waals surface area contributed by atoms with Crippen molar-refractivity contribution in [1.29, 1.82) is 0 Å². The third kappa shape index (κ3) is 2.92. The lowest BCUT2D eigenvalue weighted by Gasteiger charge is -2.12. The van der Waals surface area contributed by atoms with Gasteiger partial charge in [-0.15, -0.1) is 0 Å². The van der Waals surface area contributed by atoms with Gasteiger partial charge in [-0.25, -0.2) is 0 Å². The molecule has 0 saturated carbocycles. The summed E-state index contributed by atoms with van der Waals surface area (Å²) < 4.78 is 6.19. The fraction of sp³-hybridized carbons (Fsp3) is 0.400. The summed E-state index contributed by atoms with van der Waals surface area (Å²) in [6.45, 7) is 4.21. The molecule has 0 aromatic heterocycles. The lowest BCUT2D eigenvalue weighted by molar-refractivity contribution is 0.415. The maximum atomic E-state index is 5.13. The summed E-state index contributed by atoms with van der Waals surface area (Å²) in [4.78, 5) is 0. The van der Waals surface area contributed by atoms with Gasteiger partial charge in [-0.2, -0.15) is 0 Å². The molecule has 0 amide bonds. The van der Waals surface area contributed by atoms with Crippen LogP contribution in [0.15, 0.2) is 22.7 Å². The zero-order valence-corrected chi connectivity index (χ0v) is 9.68. The second kappa shape index (κ2) is 4.51. The van der Waals surface area contributed by atoms with Gasteiger partial charge in [-0.3, -0.25) is 0 Å². The van der Waals surface area contributed by atoms with Crippen molar-refractivity contribution in [3.63, 3.8) is 0 Å². The van der Waals surface area contributed by atoms with E-state index in [4.69, 9.17) is 4.74 Å². The van der Waals surface area contributed by atoms with Gasteiger partial charge >= 0.3 is 0 Å². The molecule has 0 atom stereocenters. The van der Waals surface area contributed by atoms with Gasteiger partial charge in [0, 0.05) is 16.6 Å². The number of nitrogens with one attached hydrogen (secondary N) is 1. The van der Waals surface area contributed by atoms with Gasteiger partial charge < -0.3 is 10.1 Å². The van der Waals surface area contributed by atoms with Crippen molar-refractivity contribution in [2.45, 2.75) is 19.9 Å². The molecule has 0 heterocycles. The van der Waals surface area contributed by atoms with Gasteiger partial charge in [-0.05, 0) is 41.9 Å². The fourth-order valence-corrected chi connectivity index (χ4v) is 1.41. The number of anilines is 1. The summed E-state index contributed by atoms with van der Waals surface area (Å²) in [5, 5.41) is 3.32. The number of benzene rings is 1. The van der Waals surface area contributed by atoms with Crippen molar-refractivity contribution >= 4 is 21.6 Å². The van der Waals surface area contributed by atoms with Crippen LogP contribution in [0.1, 0.15) is 13.8 Å². The second-order valence-corrected chi connectivity index (χ2v) is 4.00. The Balaban J connectivity index is 2.90. The Morgan fingerprint density at radius 2 is 2.08 bits per heavy atom. The maximum absolute atomic E-state index is 5.13. The first-order chi connectivity index (χ1) is 6.13. The van der Waals surface area contributed by atoms with Crippen LogP contribution in [0.4, 0.5) is 5.69 Å². The van der Waals surface area contributed by atoms with E-state index in [2.05, 4.69) is 35.1 Å². The Hall–Kier alpha value is -0.700. The minimum atomic E-state index is 0.420. The minimum absolute atomic E-state index is 0.420. The monoisotopic (exact) mass is 243 g/mol. The number of ether oxygens (including phenoxy) is 1. The molecule has 0 unspecified atom stereocenters. The summed E-state index contributed by atoms with van der Waals surface area (Å²) in [6.07, 6.45) is 0. The minimum Gasteiger partial charge on any atom is -0.497 e. The number of methoxy groups -OCH3 is 1. The van der Waals surface area contributed by atoms with Crippen LogP contribution in [-0.2, 0) is 0 Å². The van der Waals surface area contributed by atoms with Gasteiger partial charge in [0.15, 0.2) is 0 Å². The Morgan fingerprint density at radius 1 is 1.38 bits per heavy atom. The van der Waals surface area contributed by atoms with Crippen LogP contribution in [-0.4, -0.2) is 13.2 Å². The highest BCUT2D eigenvalue weighted by Gasteiger charge is 2.02. The largest absolute Gasteiger partial charge is 0.497 e. The molecule has 0 aliphatic heterocycles. The van der Waals surface area contributed by atoms with Gasteiger partial charge in [-0.1, -0.05) is 0 Å². The van der Waals surface area contributed by atoms with Crippen LogP contribution < -0.4 is 10.1 Å². The molecule has 0 fully saturated rings. The molecule has 13 heavy (non-hydrogen) atoms. The third-order valence-corrected chi connectivity index (χ3v) is 2.31. The Kier molecular flexibility index (Phi) is 3.60. The van der Waals surface area contributed by atoms with Crippen LogP contribution in [0, 0.1) is 0 Å². The molecular weight excluding hydrogens is 230 g/mol. The Bertz CT molecular complexity index is 286. The third-order valence-electron chi connectivity index (χ3n) is 1.62. The predicted molar refractivity (Wildman–Crippen MR) is 59.5 cm³/mol. The van der Waals surface area contributed by atoms with E-state index < -0.39 is 0 Å². The molecule has 0 spiro atoms. The van der Waals surface area contributed by atoms with E-state index >= 15 is 0 Å². The van der Waals surface area contributed by atoms with E-state index in [1.807, 2.05) is 18.2 Å². The highest BCUT2D eigenvalue weighted by Crippen LogP contribution is 2.27. The van der Waals surface area contributed by atoms with Gasteiger partial charge in [0.1, 0.15) is 5.75 Å². The smallest absolute Gasteiger partial charge is 0.121 e. The highest BCUT2D eigenvalue weighted by molar-refractivity contribution is 9.10. The second-order valence-electron chi connectivity index (χ2n) is 3.14. The summed E-state index contributed by atoms with van der Waals surface area (Å²) in [5.74, 6) is 0.867. The lowest BCUT2D eigenvalue weighted by atomic mass is 10.2. The molecular formula is C10H14BrNO. The number of halogens is 1. The average Bonchev–Trinajstić information content (AvgIpc) is 2.08. The van der Waals surface area contributed by atoms with Gasteiger partial charge in [0.25, 0.3) is 0 Å². The zero-order chi connectivity index (χ0) is 9.84. The first-order valence-electron chi connectivity index (χ1n) is 4.23. The van der Waals surface area contributed by atoms with E-state index in [0.29, 0.717) is 6.04 Å².